The summed E-state index contributed by atoms with van der Waals surface area (Å²) >= 11 is 0. The van der Waals surface area contributed by atoms with Crippen molar-refractivity contribution in [1.29, 1.82) is 0 Å². The second kappa shape index (κ2) is 6.53. The van der Waals surface area contributed by atoms with Gasteiger partial charge in [0.15, 0.2) is 0 Å². The lowest BCUT2D eigenvalue weighted by molar-refractivity contribution is -0.130. The van der Waals surface area contributed by atoms with Gasteiger partial charge in [-0.05, 0) is 18.6 Å². The Kier molecular flexibility index (Phi) is 4.24. The second-order valence-electron chi connectivity index (χ2n) is 6.68. The van der Waals surface area contributed by atoms with Crippen LogP contribution in [0.3, 0.4) is 0 Å². The maximum absolute atomic E-state index is 12.4. The number of carbonyl (C=O) groups is 1. The number of rotatable bonds is 6. The molecule has 4 atom stereocenters. The highest BCUT2D eigenvalue weighted by atomic mass is 16.5. The van der Waals surface area contributed by atoms with Gasteiger partial charge in [-0.2, -0.15) is 0 Å². The molecular formula is C18H23N3O3. The van der Waals surface area contributed by atoms with Crippen LogP contribution >= 0.6 is 0 Å². The predicted molar refractivity (Wildman–Crippen MR) is 89.5 cm³/mol. The molecule has 1 aliphatic carbocycles. The Labute approximate surface area is 141 Å². The van der Waals surface area contributed by atoms with Crippen LogP contribution in [0, 0.1) is 11.8 Å². The number of methoxy groups -OCH3 is 1. The number of nitrogens with one attached hydrogen (secondary N) is 1. The first-order valence-electron chi connectivity index (χ1n) is 8.57. The number of imidazole rings is 1. The molecule has 2 aliphatic rings. The van der Waals surface area contributed by atoms with Crippen molar-refractivity contribution in [2.24, 2.45) is 11.8 Å². The van der Waals surface area contributed by atoms with E-state index in [2.05, 4.69) is 10.3 Å². The molecule has 2 aromatic rings. The van der Waals surface area contributed by atoms with Crippen molar-refractivity contribution in [3.8, 4) is 0 Å². The van der Waals surface area contributed by atoms with Crippen molar-refractivity contribution in [1.82, 2.24) is 14.9 Å². The lowest BCUT2D eigenvalue weighted by atomic mass is 9.67. The molecule has 1 amide bonds. The molecule has 4 unspecified atom stereocenters. The number of amides is 1. The van der Waals surface area contributed by atoms with E-state index in [4.69, 9.17) is 9.47 Å². The van der Waals surface area contributed by atoms with Gasteiger partial charge < -0.3 is 19.4 Å². The van der Waals surface area contributed by atoms with Gasteiger partial charge in [-0.1, -0.05) is 12.1 Å². The largest absolute Gasteiger partial charge is 0.384 e. The molecule has 24 heavy (non-hydrogen) atoms. The molecule has 1 saturated carbocycles. The first-order chi connectivity index (χ1) is 11.8. The molecule has 6 nitrogen and oxygen atoms in total. The minimum absolute atomic E-state index is 0.0873. The van der Waals surface area contributed by atoms with Gasteiger partial charge >= 0.3 is 0 Å². The smallest absolute Gasteiger partial charge is 0.222 e. The Balaban J connectivity index is 1.35. The number of ether oxygens (including phenoxy) is 2. The van der Waals surface area contributed by atoms with E-state index in [1.165, 1.54) is 0 Å². The Morgan fingerprint density at radius 3 is 3.21 bits per heavy atom. The van der Waals surface area contributed by atoms with E-state index in [0.29, 0.717) is 25.5 Å². The van der Waals surface area contributed by atoms with Gasteiger partial charge in [0.25, 0.3) is 0 Å². The molecule has 4 rings (SSSR count). The van der Waals surface area contributed by atoms with E-state index < -0.39 is 0 Å². The third kappa shape index (κ3) is 2.70. The highest BCUT2D eigenvalue weighted by molar-refractivity contribution is 5.78. The summed E-state index contributed by atoms with van der Waals surface area (Å²) in [6.45, 7) is 2.07. The lowest BCUT2D eigenvalue weighted by Crippen LogP contribution is -2.62. The molecule has 1 aliphatic heterocycles. The van der Waals surface area contributed by atoms with Gasteiger partial charge in [-0.15, -0.1) is 0 Å². The number of aromatic nitrogens is 2. The minimum Gasteiger partial charge on any atom is -0.384 e. The molecular weight excluding hydrogens is 306 g/mol. The van der Waals surface area contributed by atoms with Crippen molar-refractivity contribution in [2.75, 3.05) is 20.3 Å². The zero-order valence-electron chi connectivity index (χ0n) is 13.9. The summed E-state index contributed by atoms with van der Waals surface area (Å²) in [4.78, 5) is 16.8. The number of benzene rings is 1. The van der Waals surface area contributed by atoms with E-state index in [0.717, 1.165) is 24.1 Å². The van der Waals surface area contributed by atoms with Gasteiger partial charge in [0.2, 0.25) is 5.91 Å². The molecule has 6 heteroatoms. The van der Waals surface area contributed by atoms with Crippen LogP contribution in [0.2, 0.25) is 0 Å². The number of aryl methyl sites for hydroxylation is 1. The number of para-hydroxylation sites is 2. The Bertz CT molecular complexity index is 729. The summed E-state index contributed by atoms with van der Waals surface area (Å²) in [5.41, 5.74) is 2.03. The Hall–Kier alpha value is -1.92. The third-order valence-electron chi connectivity index (χ3n) is 5.32. The van der Waals surface area contributed by atoms with E-state index in [1.807, 2.05) is 28.8 Å². The summed E-state index contributed by atoms with van der Waals surface area (Å²) in [5, 5.41) is 3.20. The molecule has 0 spiro atoms. The van der Waals surface area contributed by atoms with Gasteiger partial charge in [-0.3, -0.25) is 4.79 Å². The fourth-order valence-electron chi connectivity index (χ4n) is 4.10. The number of hydrogen-bond donors (Lipinski definition) is 1. The summed E-state index contributed by atoms with van der Waals surface area (Å²) in [6.07, 6.45) is 3.54. The van der Waals surface area contributed by atoms with Gasteiger partial charge in [-0.25, -0.2) is 4.98 Å². The molecule has 1 aromatic heterocycles. The lowest BCUT2D eigenvalue weighted by Gasteiger charge is -2.47. The zero-order valence-corrected chi connectivity index (χ0v) is 13.9. The first kappa shape index (κ1) is 15.6. The summed E-state index contributed by atoms with van der Waals surface area (Å²) in [5.74, 6) is 0.813. The minimum atomic E-state index is 0.0873. The van der Waals surface area contributed by atoms with Crippen LogP contribution in [-0.4, -0.2) is 47.9 Å². The van der Waals surface area contributed by atoms with Crippen molar-refractivity contribution < 1.29 is 14.3 Å². The number of carbonyl (C=O) groups excluding carboxylic acids is 1. The summed E-state index contributed by atoms with van der Waals surface area (Å²) in [7, 11) is 1.70. The van der Waals surface area contributed by atoms with Crippen molar-refractivity contribution in [3.63, 3.8) is 0 Å². The quantitative estimate of drug-likeness (QED) is 0.874. The van der Waals surface area contributed by atoms with Crippen LogP contribution < -0.4 is 5.32 Å². The molecule has 0 bridgehead atoms. The molecule has 128 valence electrons. The van der Waals surface area contributed by atoms with Crippen molar-refractivity contribution in [3.05, 3.63) is 30.6 Å². The monoisotopic (exact) mass is 329 g/mol. The Morgan fingerprint density at radius 1 is 1.46 bits per heavy atom. The van der Waals surface area contributed by atoms with Crippen LogP contribution in [0.15, 0.2) is 30.6 Å². The van der Waals surface area contributed by atoms with Gasteiger partial charge in [0.1, 0.15) is 0 Å². The average molecular weight is 329 g/mol. The fourth-order valence-corrected chi connectivity index (χ4v) is 4.10. The van der Waals surface area contributed by atoms with Gasteiger partial charge in [0.05, 0.1) is 30.1 Å². The number of nitrogens with zero attached hydrogens (tertiary/aromatic N) is 2. The van der Waals surface area contributed by atoms with Crippen LogP contribution in [0.4, 0.5) is 0 Å². The van der Waals surface area contributed by atoms with E-state index in [-0.39, 0.29) is 24.0 Å². The third-order valence-corrected chi connectivity index (χ3v) is 5.32. The summed E-state index contributed by atoms with van der Waals surface area (Å²) in [6, 6.07) is 8.16. The molecule has 1 saturated heterocycles. The van der Waals surface area contributed by atoms with Crippen molar-refractivity contribution in [2.45, 2.75) is 31.5 Å². The summed E-state index contributed by atoms with van der Waals surface area (Å²) < 4.78 is 13.1. The maximum atomic E-state index is 12.4. The molecule has 0 radical (unpaired) electrons. The Morgan fingerprint density at radius 2 is 2.33 bits per heavy atom. The van der Waals surface area contributed by atoms with Crippen molar-refractivity contribution >= 4 is 16.9 Å². The topological polar surface area (TPSA) is 65.4 Å². The van der Waals surface area contributed by atoms with Crippen LogP contribution in [0.25, 0.3) is 11.0 Å². The van der Waals surface area contributed by atoms with Crippen LogP contribution in [0.1, 0.15) is 12.8 Å². The highest BCUT2D eigenvalue weighted by Gasteiger charge is 2.54. The second-order valence-corrected chi connectivity index (χ2v) is 6.68. The van der Waals surface area contributed by atoms with Gasteiger partial charge in [0, 0.05) is 44.6 Å². The van der Waals surface area contributed by atoms with E-state index in [1.54, 1.807) is 13.4 Å². The molecule has 1 N–H and O–H groups in total. The van der Waals surface area contributed by atoms with Crippen LogP contribution in [-0.2, 0) is 20.8 Å². The molecule has 2 fully saturated rings. The van der Waals surface area contributed by atoms with E-state index >= 15 is 0 Å². The number of fused-ring (bicyclic) bond motifs is 2. The number of hydrogen-bond acceptors (Lipinski definition) is 4. The van der Waals surface area contributed by atoms with Crippen LogP contribution in [0.5, 0.6) is 0 Å². The SMILES string of the molecule is COCC1C(NC(=O)CCn2cnc3ccccc32)C2CCOC21. The van der Waals surface area contributed by atoms with E-state index in [9.17, 15) is 4.79 Å². The normalized spacial score (nSPS) is 28.5. The maximum Gasteiger partial charge on any atom is 0.222 e. The molecule has 1 aromatic carbocycles. The fraction of sp³-hybridized carbons (Fsp3) is 0.556. The standard InChI is InChI=1S/C18H23N3O3/c1-23-10-13-17(12-7-9-24-18(12)13)20-16(22)6-8-21-11-19-14-4-2-3-5-15(14)21/h2-5,11-13,17-18H,6-10H2,1H3,(H,20,22). The highest BCUT2D eigenvalue weighted by Crippen LogP contribution is 2.43. The predicted octanol–water partition coefficient (Wildman–Crippen LogP) is 1.59. The average Bonchev–Trinajstić information content (AvgIpc) is 3.20. The molecule has 2 heterocycles. The first-order valence-corrected chi connectivity index (χ1v) is 8.57. The zero-order chi connectivity index (χ0) is 16.5.